The van der Waals surface area contributed by atoms with Crippen LogP contribution in [0.4, 0.5) is 0 Å². The minimum atomic E-state index is -2.00. The molecule has 1 aliphatic heterocycles. The van der Waals surface area contributed by atoms with Gasteiger partial charge in [-0.15, -0.1) is 0 Å². The van der Waals surface area contributed by atoms with Gasteiger partial charge in [0.15, 0.2) is 23.0 Å². The van der Waals surface area contributed by atoms with E-state index in [-0.39, 0.29) is 0 Å². The van der Waals surface area contributed by atoms with Crippen molar-refractivity contribution < 1.29 is 18.9 Å². The van der Waals surface area contributed by atoms with Crippen molar-refractivity contribution in [3.05, 3.63) is 97.1 Å². The quantitative estimate of drug-likeness (QED) is 0.237. The van der Waals surface area contributed by atoms with E-state index in [4.69, 9.17) is 18.9 Å². The molecule has 0 saturated carbocycles. The summed E-state index contributed by atoms with van der Waals surface area (Å²) in [6.07, 6.45) is 3.32. The lowest BCUT2D eigenvalue weighted by Crippen LogP contribution is -2.33. The number of ether oxygens (including phenoxy) is 4. The smallest absolute Gasteiger partial charge is 0.218 e. The number of para-hydroxylation sites is 4. The highest BCUT2D eigenvalue weighted by atomic mass is 32.5. The summed E-state index contributed by atoms with van der Waals surface area (Å²) < 4.78 is 24.2. The lowest BCUT2D eigenvalue weighted by atomic mass is 10.3. The van der Waals surface area contributed by atoms with Crippen molar-refractivity contribution in [3.63, 3.8) is 0 Å². The molecular weight excluding hydrogens is 529 g/mol. The number of rotatable bonds is 8. The summed E-state index contributed by atoms with van der Waals surface area (Å²) >= 11 is 0. The van der Waals surface area contributed by atoms with Gasteiger partial charge in [-0.1, -0.05) is 48.5 Å². The first-order valence-corrected chi connectivity index (χ1v) is 19.4. The highest BCUT2D eigenvalue weighted by molar-refractivity contribution is 8.69. The third-order valence-corrected chi connectivity index (χ3v) is 27.2. The molecule has 7 heteroatoms. The number of hydrogen-bond donors (Lipinski definition) is 0. The lowest BCUT2D eigenvalue weighted by molar-refractivity contribution is 0.417. The fourth-order valence-electron chi connectivity index (χ4n) is 5.67. The van der Waals surface area contributed by atoms with Crippen molar-refractivity contribution in [2.45, 2.75) is 6.42 Å². The molecule has 0 radical (unpaired) electrons. The van der Waals surface area contributed by atoms with E-state index in [2.05, 4.69) is 97.1 Å². The molecular formula is C31H35O4P3+2. The van der Waals surface area contributed by atoms with Gasteiger partial charge in [-0.25, -0.2) is 0 Å². The van der Waals surface area contributed by atoms with Gasteiger partial charge in [-0.3, -0.25) is 0 Å². The zero-order valence-electron chi connectivity index (χ0n) is 22.4. The lowest BCUT2D eigenvalue weighted by Gasteiger charge is -2.38. The fourth-order valence-corrected chi connectivity index (χ4v) is 31.1. The highest BCUT2D eigenvalue weighted by Crippen LogP contribution is 2.95. The topological polar surface area (TPSA) is 36.9 Å². The van der Waals surface area contributed by atoms with Gasteiger partial charge >= 0.3 is 0 Å². The van der Waals surface area contributed by atoms with E-state index in [0.717, 1.165) is 41.7 Å². The van der Waals surface area contributed by atoms with Crippen LogP contribution in [0.15, 0.2) is 97.1 Å². The Labute approximate surface area is 228 Å². The Balaban J connectivity index is 1.87. The molecule has 196 valence electrons. The molecule has 1 saturated heterocycles. The van der Waals surface area contributed by atoms with E-state index < -0.39 is 13.9 Å². The molecule has 0 N–H and O–H groups in total. The molecule has 5 rings (SSSR count). The zero-order chi connectivity index (χ0) is 26.6. The minimum absolute atomic E-state index is 0.634. The van der Waals surface area contributed by atoms with Gasteiger partial charge in [0.25, 0.3) is 0 Å². The standard InChI is InChI=1S/C31H35O4P3/c1-32-24-14-5-9-18-28(24)37(29-19-10-6-15-25(29)33-2)22-13-23-38(36-37,30-20-11-7-16-26(30)34-3)31-21-12-8-17-27(31)35-4/h5-12,14-21,36H,13,22-23H2,1-4H3/q+2. The van der Waals surface area contributed by atoms with Crippen molar-refractivity contribution in [1.82, 2.24) is 0 Å². The van der Waals surface area contributed by atoms with Crippen molar-refractivity contribution in [1.29, 1.82) is 0 Å². The molecule has 0 spiro atoms. The van der Waals surface area contributed by atoms with E-state index in [9.17, 15) is 0 Å². The van der Waals surface area contributed by atoms with Crippen LogP contribution in [0.5, 0.6) is 23.0 Å². The van der Waals surface area contributed by atoms with Crippen LogP contribution in [0.25, 0.3) is 0 Å². The van der Waals surface area contributed by atoms with E-state index in [1.54, 1.807) is 28.4 Å². The Hall–Kier alpha value is -2.63. The summed E-state index contributed by atoms with van der Waals surface area (Å²) in [6, 6.07) is 34.5. The third-order valence-electron chi connectivity index (χ3n) is 7.31. The second-order valence-electron chi connectivity index (χ2n) is 9.21. The first kappa shape index (κ1) is 27.0. The molecule has 4 nitrogen and oxygen atoms in total. The maximum Gasteiger partial charge on any atom is 0.218 e. The minimum Gasteiger partial charge on any atom is -0.493 e. The molecule has 1 heterocycles. The molecule has 0 unspecified atom stereocenters. The highest BCUT2D eigenvalue weighted by Gasteiger charge is 2.64. The molecule has 1 fully saturated rings. The first-order valence-electron chi connectivity index (χ1n) is 12.7. The van der Waals surface area contributed by atoms with E-state index >= 15 is 0 Å². The van der Waals surface area contributed by atoms with Crippen molar-refractivity contribution >= 4 is 43.1 Å². The molecule has 0 bridgehead atoms. The fraction of sp³-hybridized carbons (Fsp3) is 0.226. The van der Waals surface area contributed by atoms with E-state index in [0.29, 0.717) is 7.96 Å². The molecule has 1 aliphatic rings. The van der Waals surface area contributed by atoms with E-state index in [1.807, 2.05) is 0 Å². The Morgan fingerprint density at radius 2 is 0.711 bits per heavy atom. The largest absolute Gasteiger partial charge is 0.493 e. The predicted octanol–water partition coefficient (Wildman–Crippen LogP) is 6.27. The normalized spacial score (nSPS) is 15.9. The molecule has 0 atom stereocenters. The molecule has 4 aromatic rings. The van der Waals surface area contributed by atoms with Crippen LogP contribution in [-0.4, -0.2) is 40.8 Å². The summed E-state index contributed by atoms with van der Waals surface area (Å²) in [7, 11) is 7.77. The Kier molecular flexibility index (Phi) is 8.25. The van der Waals surface area contributed by atoms with Crippen molar-refractivity contribution in [2.75, 3.05) is 40.8 Å². The van der Waals surface area contributed by atoms with Gasteiger partial charge in [0, 0.05) is 6.42 Å². The van der Waals surface area contributed by atoms with Crippen LogP contribution >= 0.6 is 21.9 Å². The monoisotopic (exact) mass is 564 g/mol. The summed E-state index contributed by atoms with van der Waals surface area (Å²) in [4.78, 5) is 0. The van der Waals surface area contributed by atoms with Crippen LogP contribution in [0.2, 0.25) is 0 Å². The van der Waals surface area contributed by atoms with Crippen molar-refractivity contribution in [3.8, 4) is 23.0 Å². The average Bonchev–Trinajstić information content (AvgIpc) is 3.00. The van der Waals surface area contributed by atoms with Crippen LogP contribution in [0, 0.1) is 0 Å². The molecule has 0 aliphatic carbocycles. The van der Waals surface area contributed by atoms with Gasteiger partial charge in [0.05, 0.1) is 40.8 Å². The first-order chi connectivity index (χ1) is 18.6. The maximum atomic E-state index is 6.04. The molecule has 38 heavy (non-hydrogen) atoms. The Morgan fingerprint density at radius 1 is 0.447 bits per heavy atom. The van der Waals surface area contributed by atoms with Gasteiger partial charge in [-0.2, -0.15) is 0 Å². The van der Waals surface area contributed by atoms with Gasteiger partial charge < -0.3 is 18.9 Å². The number of methoxy groups -OCH3 is 4. The van der Waals surface area contributed by atoms with Crippen LogP contribution in [0.1, 0.15) is 6.42 Å². The average molecular weight is 565 g/mol. The number of benzene rings is 4. The zero-order valence-corrected chi connectivity index (χ0v) is 25.2. The second kappa shape index (κ2) is 11.6. The molecule has 0 aromatic heterocycles. The molecule has 0 amide bonds. The number of hydrogen-bond acceptors (Lipinski definition) is 4. The van der Waals surface area contributed by atoms with Gasteiger partial charge in [-0.05, 0) is 48.5 Å². The van der Waals surface area contributed by atoms with Gasteiger partial charge in [0.1, 0.15) is 35.1 Å². The third kappa shape index (κ3) is 4.58. The van der Waals surface area contributed by atoms with Crippen molar-refractivity contribution in [2.24, 2.45) is 0 Å². The summed E-state index contributed by atoms with van der Waals surface area (Å²) in [5.41, 5.74) is 0. The summed E-state index contributed by atoms with van der Waals surface area (Å²) in [6.45, 7) is -4.00. The van der Waals surface area contributed by atoms with Crippen LogP contribution in [-0.2, 0) is 0 Å². The Bertz CT molecular complexity index is 1210. The second-order valence-corrected chi connectivity index (χ2v) is 22.4. The molecule has 4 aromatic carbocycles. The predicted molar refractivity (Wildman–Crippen MR) is 167 cm³/mol. The van der Waals surface area contributed by atoms with Crippen LogP contribution < -0.4 is 40.2 Å². The summed E-state index contributed by atoms with van der Waals surface area (Å²) in [5, 5.41) is 5.27. The summed E-state index contributed by atoms with van der Waals surface area (Å²) in [5.74, 6) is 3.83. The van der Waals surface area contributed by atoms with Gasteiger partial charge in [0.2, 0.25) is 7.96 Å². The SMILES string of the molecule is COc1ccccc1[P+]1(c2ccccc2OC)CCC[P+](c2ccccc2OC)(c2ccccc2OC)P1. The Morgan fingerprint density at radius 3 is 0.974 bits per heavy atom. The maximum absolute atomic E-state index is 6.04. The van der Waals surface area contributed by atoms with Crippen LogP contribution in [0.3, 0.4) is 0 Å². The van der Waals surface area contributed by atoms with E-state index in [1.165, 1.54) is 21.2 Å².